The number of nitro benzene ring substituents is 1. The van der Waals surface area contributed by atoms with Crippen molar-refractivity contribution in [3.63, 3.8) is 0 Å². The molecule has 0 radical (unpaired) electrons. The maximum Gasteiger partial charge on any atom is 0.291 e. The SMILES string of the molecule is CC(C)(CC(=O)c1ccccc1F)N(Cl)N(Cl)C(=O)c1ccccc1[N+](=O)[O-]. The number of amides is 1. The molecule has 7 nitrogen and oxygen atoms in total. The third-order valence-corrected chi connectivity index (χ3v) is 4.91. The van der Waals surface area contributed by atoms with Crippen LogP contribution in [-0.4, -0.2) is 31.2 Å². The Labute approximate surface area is 170 Å². The van der Waals surface area contributed by atoms with Gasteiger partial charge in [0, 0.05) is 36.0 Å². The van der Waals surface area contributed by atoms with E-state index in [1.165, 1.54) is 50.2 Å². The van der Waals surface area contributed by atoms with Gasteiger partial charge in [0.05, 0.1) is 16.0 Å². The van der Waals surface area contributed by atoms with Crippen molar-refractivity contribution in [1.82, 2.24) is 9.06 Å². The molecule has 148 valence electrons. The number of nitrogens with zero attached hydrogens (tertiary/aromatic N) is 3. The summed E-state index contributed by atoms with van der Waals surface area (Å²) in [6.07, 6.45) is -0.273. The van der Waals surface area contributed by atoms with Crippen LogP contribution in [0.4, 0.5) is 10.1 Å². The van der Waals surface area contributed by atoms with Crippen LogP contribution in [0.25, 0.3) is 0 Å². The average Bonchev–Trinajstić information content (AvgIpc) is 2.66. The lowest BCUT2D eigenvalue weighted by Crippen LogP contribution is -2.48. The molecule has 0 aliphatic heterocycles. The van der Waals surface area contributed by atoms with Gasteiger partial charge in [0.1, 0.15) is 11.4 Å². The first-order chi connectivity index (χ1) is 13.1. The number of hydrazine groups is 1. The summed E-state index contributed by atoms with van der Waals surface area (Å²) in [5, 5.41) is 11.1. The molecule has 0 bridgehead atoms. The van der Waals surface area contributed by atoms with Crippen LogP contribution in [0.1, 0.15) is 41.0 Å². The molecule has 28 heavy (non-hydrogen) atoms. The number of Topliss-reactive ketones (excluding diaryl/α,β-unsaturated/α-hetero) is 1. The van der Waals surface area contributed by atoms with Crippen molar-refractivity contribution in [2.45, 2.75) is 25.8 Å². The van der Waals surface area contributed by atoms with Crippen LogP contribution in [0.3, 0.4) is 0 Å². The summed E-state index contributed by atoms with van der Waals surface area (Å²) in [5.41, 5.74) is -2.05. The monoisotopic (exact) mass is 427 g/mol. The van der Waals surface area contributed by atoms with Gasteiger partial charge in [-0.15, -0.1) is 4.53 Å². The van der Waals surface area contributed by atoms with Gasteiger partial charge in [-0.2, -0.15) is 4.53 Å². The highest BCUT2D eigenvalue weighted by molar-refractivity contribution is 6.27. The zero-order valence-electron chi connectivity index (χ0n) is 14.9. The van der Waals surface area contributed by atoms with Gasteiger partial charge in [-0.05, 0) is 32.0 Å². The number of ketones is 1. The lowest BCUT2D eigenvalue weighted by molar-refractivity contribution is -0.385. The fourth-order valence-corrected chi connectivity index (χ4v) is 2.90. The maximum absolute atomic E-state index is 13.8. The zero-order chi connectivity index (χ0) is 21.1. The summed E-state index contributed by atoms with van der Waals surface area (Å²) in [4.78, 5) is 35.4. The molecule has 0 unspecified atom stereocenters. The molecular weight excluding hydrogens is 412 g/mol. The summed E-state index contributed by atoms with van der Waals surface area (Å²) in [6.45, 7) is 3.03. The lowest BCUT2D eigenvalue weighted by atomic mass is 9.94. The van der Waals surface area contributed by atoms with E-state index < -0.39 is 33.7 Å². The van der Waals surface area contributed by atoms with Crippen LogP contribution in [0.15, 0.2) is 48.5 Å². The Bertz CT molecular complexity index is 923. The number of carbonyl (C=O) groups excluding carboxylic acids is 2. The van der Waals surface area contributed by atoms with Crippen molar-refractivity contribution in [1.29, 1.82) is 0 Å². The quantitative estimate of drug-likeness (QED) is 0.275. The Balaban J connectivity index is 2.22. The van der Waals surface area contributed by atoms with Gasteiger partial charge in [-0.1, -0.05) is 24.3 Å². The van der Waals surface area contributed by atoms with Crippen LogP contribution in [0.5, 0.6) is 0 Å². The van der Waals surface area contributed by atoms with E-state index >= 15 is 0 Å². The molecule has 0 saturated heterocycles. The third kappa shape index (κ3) is 4.64. The topological polar surface area (TPSA) is 83.8 Å². The molecule has 0 spiro atoms. The molecule has 0 aliphatic carbocycles. The number of benzene rings is 2. The van der Waals surface area contributed by atoms with E-state index in [4.69, 9.17) is 23.6 Å². The van der Waals surface area contributed by atoms with E-state index in [-0.39, 0.29) is 17.5 Å². The predicted molar refractivity (Wildman–Crippen MR) is 102 cm³/mol. The van der Waals surface area contributed by atoms with Crippen molar-refractivity contribution in [2.24, 2.45) is 0 Å². The first-order valence-electron chi connectivity index (χ1n) is 8.03. The highest BCUT2D eigenvalue weighted by atomic mass is 35.5. The van der Waals surface area contributed by atoms with E-state index in [0.717, 1.165) is 16.7 Å². The van der Waals surface area contributed by atoms with Gasteiger partial charge < -0.3 is 0 Å². The zero-order valence-corrected chi connectivity index (χ0v) is 16.4. The number of hydrogen-bond acceptors (Lipinski definition) is 5. The first-order valence-corrected chi connectivity index (χ1v) is 8.71. The van der Waals surface area contributed by atoms with E-state index in [0.29, 0.717) is 4.53 Å². The number of carbonyl (C=O) groups is 2. The second-order valence-corrected chi connectivity index (χ2v) is 7.13. The molecule has 0 saturated carbocycles. The van der Waals surface area contributed by atoms with Crippen LogP contribution in [0, 0.1) is 15.9 Å². The summed E-state index contributed by atoms with van der Waals surface area (Å²) < 4.78 is 15.0. The molecule has 0 aromatic heterocycles. The third-order valence-electron chi connectivity index (χ3n) is 3.92. The molecule has 2 aromatic rings. The molecule has 0 N–H and O–H groups in total. The fraction of sp³-hybridized carbons (Fsp3) is 0.222. The minimum atomic E-state index is -1.22. The number of halogens is 3. The molecule has 0 atom stereocenters. The van der Waals surface area contributed by atoms with Crippen molar-refractivity contribution < 1.29 is 18.9 Å². The predicted octanol–water partition coefficient (Wildman–Crippen LogP) is 4.75. The van der Waals surface area contributed by atoms with Crippen molar-refractivity contribution in [3.8, 4) is 0 Å². The number of para-hydroxylation sites is 1. The molecule has 10 heteroatoms. The molecule has 2 rings (SSSR count). The molecule has 0 aliphatic rings. The molecule has 0 heterocycles. The number of hydrogen-bond donors (Lipinski definition) is 0. The summed E-state index contributed by atoms with van der Waals surface area (Å²) >= 11 is 12.2. The Hall–Kier alpha value is -2.55. The second-order valence-electron chi connectivity index (χ2n) is 6.49. The Morgan fingerprint density at radius 2 is 1.61 bits per heavy atom. The van der Waals surface area contributed by atoms with E-state index in [1.807, 2.05) is 0 Å². The fourth-order valence-electron chi connectivity index (χ4n) is 2.47. The van der Waals surface area contributed by atoms with Gasteiger partial charge in [-0.25, -0.2) is 4.39 Å². The number of nitro groups is 1. The van der Waals surface area contributed by atoms with Crippen molar-refractivity contribution in [2.75, 3.05) is 0 Å². The van der Waals surface area contributed by atoms with Crippen LogP contribution in [0.2, 0.25) is 0 Å². The number of rotatable bonds is 7. The van der Waals surface area contributed by atoms with Gasteiger partial charge in [-0.3, -0.25) is 19.7 Å². The minimum absolute atomic E-state index is 0.119. The molecule has 1 amide bonds. The maximum atomic E-state index is 13.8. The van der Waals surface area contributed by atoms with Gasteiger partial charge in [0.25, 0.3) is 11.6 Å². The van der Waals surface area contributed by atoms with Gasteiger partial charge in [0.15, 0.2) is 5.78 Å². The van der Waals surface area contributed by atoms with E-state index in [1.54, 1.807) is 0 Å². The van der Waals surface area contributed by atoms with Gasteiger partial charge >= 0.3 is 0 Å². The van der Waals surface area contributed by atoms with Crippen LogP contribution < -0.4 is 0 Å². The Morgan fingerprint density at radius 3 is 2.18 bits per heavy atom. The van der Waals surface area contributed by atoms with Crippen LogP contribution >= 0.6 is 23.6 Å². The van der Waals surface area contributed by atoms with Crippen molar-refractivity contribution >= 4 is 40.9 Å². The smallest absolute Gasteiger partial charge is 0.291 e. The Morgan fingerprint density at radius 1 is 1.07 bits per heavy atom. The van der Waals surface area contributed by atoms with E-state index in [2.05, 4.69) is 0 Å². The highest BCUT2D eigenvalue weighted by Gasteiger charge is 2.37. The summed E-state index contributed by atoms with van der Waals surface area (Å²) in [7, 11) is 0. The molecule has 0 fully saturated rings. The van der Waals surface area contributed by atoms with Crippen LogP contribution in [-0.2, 0) is 0 Å². The first kappa shape index (κ1) is 21.7. The largest absolute Gasteiger partial charge is 0.294 e. The highest BCUT2D eigenvalue weighted by Crippen LogP contribution is 2.30. The Kier molecular flexibility index (Phi) is 6.71. The lowest BCUT2D eigenvalue weighted by Gasteiger charge is -2.35. The second kappa shape index (κ2) is 8.64. The van der Waals surface area contributed by atoms with Crippen molar-refractivity contribution in [3.05, 3.63) is 75.6 Å². The van der Waals surface area contributed by atoms with E-state index in [9.17, 15) is 24.1 Å². The van der Waals surface area contributed by atoms with Gasteiger partial charge in [0.2, 0.25) is 0 Å². The summed E-state index contributed by atoms with van der Waals surface area (Å²) in [6, 6.07) is 10.7. The average molecular weight is 428 g/mol. The summed E-state index contributed by atoms with van der Waals surface area (Å²) in [5.74, 6) is -2.17. The molecule has 2 aromatic carbocycles. The normalized spacial score (nSPS) is 11.4. The molecular formula is C18H16Cl2FN3O4. The standard InChI is InChI=1S/C18H16Cl2FN3O4/c1-18(2,11-16(25)12-7-3-5-9-14(12)21)24(20)22(19)17(26)13-8-4-6-10-15(13)23(27)28/h3-10H,11H2,1-2H3. The minimum Gasteiger partial charge on any atom is -0.294 e.